The zero-order chi connectivity index (χ0) is 18.5. The molecule has 0 aliphatic carbocycles. The van der Waals surface area contributed by atoms with Gasteiger partial charge in [-0.3, -0.25) is 14.9 Å². The highest BCUT2D eigenvalue weighted by atomic mass is 32.1. The Labute approximate surface area is 155 Å². The number of nitrogens with one attached hydrogen (secondary N) is 2. The topological polar surface area (TPSA) is 71.1 Å². The number of thiophene rings is 1. The monoisotopic (exact) mass is 393 g/mol. The van der Waals surface area contributed by atoms with Crippen molar-refractivity contribution in [2.75, 3.05) is 5.32 Å². The second kappa shape index (κ2) is 8.15. The lowest BCUT2D eigenvalue weighted by Crippen LogP contribution is -2.25. The first-order valence-corrected chi connectivity index (χ1v) is 9.32. The Morgan fingerprint density at radius 3 is 2.73 bits per heavy atom. The van der Waals surface area contributed by atoms with Gasteiger partial charge in [0.15, 0.2) is 5.13 Å². The zero-order valence-electron chi connectivity index (χ0n) is 13.3. The van der Waals surface area contributed by atoms with Crippen molar-refractivity contribution >= 4 is 39.6 Å². The molecular formula is C17H13F2N3O2S2. The van der Waals surface area contributed by atoms with E-state index in [0.29, 0.717) is 16.4 Å². The fourth-order valence-corrected chi connectivity index (χ4v) is 3.44. The third kappa shape index (κ3) is 4.70. The van der Waals surface area contributed by atoms with Gasteiger partial charge in [-0.15, -0.1) is 11.3 Å². The van der Waals surface area contributed by atoms with Crippen molar-refractivity contribution in [1.29, 1.82) is 0 Å². The van der Waals surface area contributed by atoms with Crippen molar-refractivity contribution in [3.63, 3.8) is 0 Å². The Hall–Kier alpha value is -2.65. The van der Waals surface area contributed by atoms with Gasteiger partial charge in [0.25, 0.3) is 5.91 Å². The standard InChI is InChI=1S/C17H13F2N3O2S2/c18-12-2-1-10(14(19)5-12)7-20-15(23)6-13-9-26-17(21-13)22-16(24)11-3-4-25-8-11/h1-5,8-9H,6-7H2,(H,20,23)(H,21,22,24). The summed E-state index contributed by atoms with van der Waals surface area (Å²) in [4.78, 5) is 28.1. The van der Waals surface area contributed by atoms with Crippen LogP contribution in [0.15, 0.2) is 40.4 Å². The molecule has 2 aromatic heterocycles. The molecule has 2 amide bonds. The summed E-state index contributed by atoms with van der Waals surface area (Å²) in [5.74, 6) is -1.99. The Balaban J connectivity index is 1.52. The van der Waals surface area contributed by atoms with Crippen LogP contribution in [0.5, 0.6) is 0 Å². The van der Waals surface area contributed by atoms with Crippen molar-refractivity contribution in [1.82, 2.24) is 10.3 Å². The number of thiazole rings is 1. The highest BCUT2D eigenvalue weighted by Gasteiger charge is 2.12. The normalized spacial score (nSPS) is 10.5. The molecule has 0 unspecified atom stereocenters. The van der Waals surface area contributed by atoms with Crippen LogP contribution < -0.4 is 10.6 Å². The summed E-state index contributed by atoms with van der Waals surface area (Å²) in [5, 5.41) is 10.8. The molecule has 26 heavy (non-hydrogen) atoms. The molecule has 1 aromatic carbocycles. The number of anilines is 1. The van der Waals surface area contributed by atoms with Gasteiger partial charge >= 0.3 is 0 Å². The van der Waals surface area contributed by atoms with Crippen LogP contribution in [0.25, 0.3) is 0 Å². The fourth-order valence-electron chi connectivity index (χ4n) is 2.09. The van der Waals surface area contributed by atoms with E-state index in [0.717, 1.165) is 12.1 Å². The van der Waals surface area contributed by atoms with Gasteiger partial charge in [0.05, 0.1) is 17.7 Å². The molecule has 3 rings (SSSR count). The van der Waals surface area contributed by atoms with Gasteiger partial charge in [0.1, 0.15) is 11.6 Å². The van der Waals surface area contributed by atoms with Gasteiger partial charge < -0.3 is 5.32 Å². The number of hydrogen-bond acceptors (Lipinski definition) is 5. The van der Waals surface area contributed by atoms with Crippen LogP contribution in [-0.4, -0.2) is 16.8 Å². The quantitative estimate of drug-likeness (QED) is 0.672. The highest BCUT2D eigenvalue weighted by molar-refractivity contribution is 7.14. The molecule has 0 spiro atoms. The zero-order valence-corrected chi connectivity index (χ0v) is 14.9. The number of aromatic nitrogens is 1. The van der Waals surface area contributed by atoms with E-state index in [2.05, 4.69) is 15.6 Å². The van der Waals surface area contributed by atoms with Gasteiger partial charge in [0, 0.05) is 28.9 Å². The lowest BCUT2D eigenvalue weighted by atomic mass is 10.2. The number of hydrogen-bond donors (Lipinski definition) is 2. The Bertz CT molecular complexity index is 926. The van der Waals surface area contributed by atoms with Crippen LogP contribution in [-0.2, 0) is 17.8 Å². The third-order valence-corrected chi connectivity index (χ3v) is 4.88. The predicted molar refractivity (Wildman–Crippen MR) is 96.3 cm³/mol. The van der Waals surface area contributed by atoms with E-state index in [1.807, 2.05) is 0 Å². The number of benzene rings is 1. The van der Waals surface area contributed by atoms with E-state index in [4.69, 9.17) is 0 Å². The van der Waals surface area contributed by atoms with Gasteiger partial charge in [-0.25, -0.2) is 13.8 Å². The first-order chi connectivity index (χ1) is 12.5. The predicted octanol–water partition coefficient (Wildman–Crippen LogP) is 3.59. The van der Waals surface area contributed by atoms with Crippen LogP contribution in [0, 0.1) is 11.6 Å². The van der Waals surface area contributed by atoms with E-state index in [9.17, 15) is 18.4 Å². The molecule has 5 nitrogen and oxygen atoms in total. The molecule has 2 heterocycles. The molecule has 134 valence electrons. The Morgan fingerprint density at radius 1 is 1.15 bits per heavy atom. The van der Waals surface area contributed by atoms with Crippen LogP contribution >= 0.6 is 22.7 Å². The number of halogens is 2. The van der Waals surface area contributed by atoms with Crippen molar-refractivity contribution < 1.29 is 18.4 Å². The summed E-state index contributed by atoms with van der Waals surface area (Å²) in [5.41, 5.74) is 1.24. The molecular weight excluding hydrogens is 380 g/mol. The minimum atomic E-state index is -0.711. The number of carbonyl (C=O) groups is 2. The molecule has 0 fully saturated rings. The maximum atomic E-state index is 13.5. The second-order valence-electron chi connectivity index (χ2n) is 5.30. The molecule has 0 radical (unpaired) electrons. The maximum absolute atomic E-state index is 13.5. The molecule has 0 saturated heterocycles. The number of rotatable bonds is 6. The summed E-state index contributed by atoms with van der Waals surface area (Å²) in [6, 6.07) is 4.89. The van der Waals surface area contributed by atoms with E-state index in [-0.39, 0.29) is 30.3 Å². The van der Waals surface area contributed by atoms with E-state index >= 15 is 0 Å². The van der Waals surface area contributed by atoms with Crippen molar-refractivity contribution in [3.8, 4) is 0 Å². The molecule has 9 heteroatoms. The molecule has 0 bridgehead atoms. The first-order valence-electron chi connectivity index (χ1n) is 7.50. The van der Waals surface area contributed by atoms with Crippen molar-refractivity contribution in [3.05, 3.63) is 68.9 Å². The summed E-state index contributed by atoms with van der Waals surface area (Å²) >= 11 is 2.63. The molecule has 0 aliphatic rings. The molecule has 0 saturated carbocycles. The van der Waals surface area contributed by atoms with Crippen molar-refractivity contribution in [2.24, 2.45) is 0 Å². The van der Waals surface area contributed by atoms with Crippen LogP contribution in [0.1, 0.15) is 21.6 Å². The van der Waals surface area contributed by atoms with E-state index in [1.54, 1.807) is 22.2 Å². The summed E-state index contributed by atoms with van der Waals surface area (Å²) in [6.07, 6.45) is -0.00631. The van der Waals surface area contributed by atoms with Gasteiger partial charge in [-0.1, -0.05) is 6.07 Å². The molecule has 2 N–H and O–H groups in total. The minimum Gasteiger partial charge on any atom is -0.352 e. The Kier molecular flexibility index (Phi) is 5.69. The smallest absolute Gasteiger partial charge is 0.258 e. The maximum Gasteiger partial charge on any atom is 0.258 e. The summed E-state index contributed by atoms with van der Waals surface area (Å²) in [7, 11) is 0. The van der Waals surface area contributed by atoms with Crippen LogP contribution in [0.3, 0.4) is 0 Å². The minimum absolute atomic E-state index is 0.00631. The lowest BCUT2D eigenvalue weighted by molar-refractivity contribution is -0.120. The second-order valence-corrected chi connectivity index (χ2v) is 6.94. The Morgan fingerprint density at radius 2 is 2.00 bits per heavy atom. The average Bonchev–Trinajstić information content (AvgIpc) is 3.26. The first kappa shape index (κ1) is 18.2. The SMILES string of the molecule is O=C(Cc1csc(NC(=O)c2ccsc2)n1)NCc1ccc(F)cc1F. The summed E-state index contributed by atoms with van der Waals surface area (Å²) in [6.45, 7) is -0.0448. The van der Waals surface area contributed by atoms with Gasteiger partial charge in [-0.2, -0.15) is 11.3 Å². The highest BCUT2D eigenvalue weighted by Crippen LogP contribution is 2.18. The number of amides is 2. The summed E-state index contributed by atoms with van der Waals surface area (Å²) < 4.78 is 26.4. The molecule has 0 aliphatic heterocycles. The van der Waals surface area contributed by atoms with Crippen LogP contribution in [0.2, 0.25) is 0 Å². The van der Waals surface area contributed by atoms with Crippen molar-refractivity contribution in [2.45, 2.75) is 13.0 Å². The lowest BCUT2D eigenvalue weighted by Gasteiger charge is -2.05. The number of carbonyl (C=O) groups excluding carboxylic acids is 2. The van der Waals surface area contributed by atoms with E-state index < -0.39 is 11.6 Å². The molecule has 0 atom stereocenters. The van der Waals surface area contributed by atoms with Gasteiger partial charge in [0.2, 0.25) is 5.91 Å². The number of nitrogens with zero attached hydrogens (tertiary/aromatic N) is 1. The van der Waals surface area contributed by atoms with E-state index in [1.165, 1.54) is 28.7 Å². The fraction of sp³-hybridized carbons (Fsp3) is 0.118. The van der Waals surface area contributed by atoms with Crippen LogP contribution in [0.4, 0.5) is 13.9 Å². The molecule has 3 aromatic rings. The van der Waals surface area contributed by atoms with Gasteiger partial charge in [-0.05, 0) is 17.5 Å². The third-order valence-electron chi connectivity index (χ3n) is 3.39. The largest absolute Gasteiger partial charge is 0.352 e. The average molecular weight is 393 g/mol.